The minimum Gasteiger partial charge on any atom is -0.349 e. The van der Waals surface area contributed by atoms with E-state index in [2.05, 4.69) is 15.6 Å². The number of rotatable bonds is 4. The second-order valence-electron chi connectivity index (χ2n) is 5.85. The van der Waals surface area contributed by atoms with Gasteiger partial charge in [-0.25, -0.2) is 0 Å². The van der Waals surface area contributed by atoms with Crippen molar-refractivity contribution in [3.8, 4) is 0 Å². The Morgan fingerprint density at radius 1 is 1.04 bits per heavy atom. The van der Waals surface area contributed by atoms with Gasteiger partial charge >= 0.3 is 0 Å². The molecule has 1 heterocycles. The predicted octanol–water partition coefficient (Wildman–Crippen LogP) is 3.66. The number of halogens is 1. The first-order valence-electron chi connectivity index (χ1n) is 7.95. The zero-order valence-electron chi connectivity index (χ0n) is 13.1. The molecule has 2 aromatic rings. The van der Waals surface area contributed by atoms with Crippen LogP contribution in [0, 0.1) is 0 Å². The molecule has 0 unspecified atom stereocenters. The number of benzene rings is 1. The van der Waals surface area contributed by atoms with Gasteiger partial charge in [-0.1, -0.05) is 36.6 Å². The summed E-state index contributed by atoms with van der Waals surface area (Å²) in [5.41, 5.74) is 1.22. The topological polar surface area (TPSA) is 71.1 Å². The van der Waals surface area contributed by atoms with Crippen molar-refractivity contribution in [3.63, 3.8) is 0 Å². The number of pyridine rings is 1. The van der Waals surface area contributed by atoms with Crippen LogP contribution in [0.15, 0.2) is 42.7 Å². The Morgan fingerprint density at radius 3 is 2.42 bits per heavy atom. The quantitative estimate of drug-likeness (QED) is 0.890. The molecule has 0 atom stereocenters. The molecule has 1 aromatic heterocycles. The molecule has 2 N–H and O–H groups in total. The van der Waals surface area contributed by atoms with E-state index in [1.54, 1.807) is 30.3 Å². The number of nitrogens with zero attached hydrogens (tertiary/aromatic N) is 1. The van der Waals surface area contributed by atoms with Gasteiger partial charge in [-0.3, -0.25) is 14.6 Å². The number of carbonyl (C=O) groups is 2. The monoisotopic (exact) mass is 343 g/mol. The summed E-state index contributed by atoms with van der Waals surface area (Å²) in [5, 5.41) is 6.16. The van der Waals surface area contributed by atoms with Gasteiger partial charge in [-0.05, 0) is 31.0 Å². The largest absolute Gasteiger partial charge is 0.349 e. The van der Waals surface area contributed by atoms with E-state index in [9.17, 15) is 9.59 Å². The molecule has 6 heteroatoms. The first-order valence-corrected chi connectivity index (χ1v) is 8.33. The Labute approximate surface area is 145 Å². The summed E-state index contributed by atoms with van der Waals surface area (Å²) in [5.74, 6) is -0.548. The van der Waals surface area contributed by atoms with Crippen LogP contribution in [0.4, 0.5) is 5.69 Å². The van der Waals surface area contributed by atoms with Crippen LogP contribution in [0.25, 0.3) is 0 Å². The molecule has 1 saturated carbocycles. The van der Waals surface area contributed by atoms with Crippen LogP contribution in [0.5, 0.6) is 0 Å². The smallest absolute Gasteiger partial charge is 0.257 e. The van der Waals surface area contributed by atoms with Gasteiger partial charge < -0.3 is 10.6 Å². The van der Waals surface area contributed by atoms with E-state index >= 15 is 0 Å². The van der Waals surface area contributed by atoms with Crippen molar-refractivity contribution < 1.29 is 9.59 Å². The fourth-order valence-corrected chi connectivity index (χ4v) is 2.97. The summed E-state index contributed by atoms with van der Waals surface area (Å²) in [4.78, 5) is 28.6. The summed E-state index contributed by atoms with van der Waals surface area (Å²) in [6, 6.07) is 8.74. The Balaban J connectivity index is 1.71. The molecule has 0 bridgehead atoms. The van der Waals surface area contributed by atoms with Crippen LogP contribution in [0.2, 0.25) is 5.02 Å². The van der Waals surface area contributed by atoms with Crippen molar-refractivity contribution in [2.45, 2.75) is 31.7 Å². The Morgan fingerprint density at radius 2 is 1.71 bits per heavy atom. The molecule has 24 heavy (non-hydrogen) atoms. The van der Waals surface area contributed by atoms with E-state index in [-0.39, 0.29) is 17.9 Å². The molecule has 5 nitrogen and oxygen atoms in total. The summed E-state index contributed by atoms with van der Waals surface area (Å²) in [6.45, 7) is 0. The third-order valence-corrected chi connectivity index (χ3v) is 4.40. The Hall–Kier alpha value is -2.40. The fourth-order valence-electron chi connectivity index (χ4n) is 2.78. The molecule has 0 radical (unpaired) electrons. The van der Waals surface area contributed by atoms with Gasteiger partial charge in [0.05, 0.1) is 21.8 Å². The standard InChI is InChI=1S/C18H18ClN3O2/c19-15-7-3-4-8-16(15)22-18(24)13-9-12(10-20-11-13)17(23)21-14-5-1-2-6-14/h3-4,7-11,14H,1-2,5-6H2,(H,21,23)(H,22,24). The van der Waals surface area contributed by atoms with E-state index in [4.69, 9.17) is 11.6 Å². The van der Waals surface area contributed by atoms with E-state index in [1.165, 1.54) is 12.4 Å². The summed E-state index contributed by atoms with van der Waals surface area (Å²) < 4.78 is 0. The van der Waals surface area contributed by atoms with Crippen molar-refractivity contribution >= 4 is 29.1 Å². The fraction of sp³-hybridized carbons (Fsp3) is 0.278. The lowest BCUT2D eigenvalue weighted by molar-refractivity contribution is 0.0937. The number of nitrogens with one attached hydrogen (secondary N) is 2. The minimum absolute atomic E-state index is 0.193. The first kappa shape index (κ1) is 16.5. The van der Waals surface area contributed by atoms with Crippen molar-refractivity contribution in [2.24, 2.45) is 0 Å². The normalized spacial score (nSPS) is 14.4. The predicted molar refractivity (Wildman–Crippen MR) is 93.4 cm³/mol. The van der Waals surface area contributed by atoms with Crippen molar-refractivity contribution in [1.82, 2.24) is 10.3 Å². The lowest BCUT2D eigenvalue weighted by atomic mass is 10.1. The maximum atomic E-state index is 12.3. The van der Waals surface area contributed by atoms with E-state index in [1.807, 2.05) is 0 Å². The van der Waals surface area contributed by atoms with Gasteiger partial charge in [0.1, 0.15) is 0 Å². The van der Waals surface area contributed by atoms with Crippen molar-refractivity contribution in [2.75, 3.05) is 5.32 Å². The first-order chi connectivity index (χ1) is 11.6. The minimum atomic E-state index is -0.355. The van der Waals surface area contributed by atoms with Gasteiger partial charge in [0, 0.05) is 18.4 Å². The lowest BCUT2D eigenvalue weighted by Gasteiger charge is -2.12. The van der Waals surface area contributed by atoms with Gasteiger partial charge in [-0.15, -0.1) is 0 Å². The number of hydrogen-bond donors (Lipinski definition) is 2. The van der Waals surface area contributed by atoms with Crippen LogP contribution < -0.4 is 10.6 Å². The molecule has 0 spiro atoms. The maximum Gasteiger partial charge on any atom is 0.257 e. The second kappa shape index (κ2) is 7.45. The van der Waals surface area contributed by atoms with Gasteiger partial charge in [-0.2, -0.15) is 0 Å². The van der Waals surface area contributed by atoms with Gasteiger partial charge in [0.15, 0.2) is 0 Å². The molecular formula is C18H18ClN3O2. The molecule has 124 valence electrons. The molecule has 2 amide bonds. The number of anilines is 1. The molecule has 1 aromatic carbocycles. The highest BCUT2D eigenvalue weighted by Gasteiger charge is 2.19. The number of para-hydroxylation sites is 1. The van der Waals surface area contributed by atoms with E-state index in [0.717, 1.165) is 25.7 Å². The van der Waals surface area contributed by atoms with Crippen LogP contribution in [0.3, 0.4) is 0 Å². The highest BCUT2D eigenvalue weighted by atomic mass is 35.5. The molecule has 3 rings (SSSR count). The van der Waals surface area contributed by atoms with Crippen LogP contribution in [0.1, 0.15) is 46.4 Å². The van der Waals surface area contributed by atoms with Crippen LogP contribution in [-0.4, -0.2) is 22.8 Å². The average Bonchev–Trinajstić information content (AvgIpc) is 3.10. The average molecular weight is 344 g/mol. The maximum absolute atomic E-state index is 12.3. The summed E-state index contributed by atoms with van der Waals surface area (Å²) in [6.07, 6.45) is 7.19. The molecule has 0 saturated heterocycles. The zero-order valence-corrected chi connectivity index (χ0v) is 13.8. The third kappa shape index (κ3) is 3.92. The van der Waals surface area contributed by atoms with Crippen molar-refractivity contribution in [3.05, 3.63) is 58.9 Å². The number of amides is 2. The lowest BCUT2D eigenvalue weighted by Crippen LogP contribution is -2.32. The third-order valence-electron chi connectivity index (χ3n) is 4.08. The van der Waals surface area contributed by atoms with Gasteiger partial charge in [0.2, 0.25) is 0 Å². The highest BCUT2D eigenvalue weighted by molar-refractivity contribution is 6.33. The van der Waals surface area contributed by atoms with E-state index in [0.29, 0.717) is 21.8 Å². The van der Waals surface area contributed by atoms with Crippen LogP contribution in [-0.2, 0) is 0 Å². The molecule has 1 aliphatic carbocycles. The summed E-state index contributed by atoms with van der Waals surface area (Å²) >= 11 is 6.04. The number of aromatic nitrogens is 1. The SMILES string of the molecule is O=C(Nc1ccccc1Cl)c1cncc(C(=O)NC2CCCC2)c1. The molecule has 1 fully saturated rings. The van der Waals surface area contributed by atoms with Gasteiger partial charge in [0.25, 0.3) is 11.8 Å². The van der Waals surface area contributed by atoms with Crippen LogP contribution >= 0.6 is 11.6 Å². The molecule has 1 aliphatic rings. The summed E-state index contributed by atoms with van der Waals surface area (Å²) in [7, 11) is 0. The zero-order chi connectivity index (χ0) is 16.9. The number of carbonyl (C=O) groups excluding carboxylic acids is 2. The Bertz CT molecular complexity index is 757. The Kier molecular flexibility index (Phi) is 5.11. The molecule has 0 aliphatic heterocycles. The second-order valence-corrected chi connectivity index (χ2v) is 6.26. The van der Waals surface area contributed by atoms with Crippen molar-refractivity contribution in [1.29, 1.82) is 0 Å². The molecular weight excluding hydrogens is 326 g/mol. The highest BCUT2D eigenvalue weighted by Crippen LogP contribution is 2.21. The van der Waals surface area contributed by atoms with E-state index < -0.39 is 0 Å². The number of hydrogen-bond acceptors (Lipinski definition) is 3.